The van der Waals surface area contributed by atoms with Crippen LogP contribution >= 0.6 is 0 Å². The molecule has 3 nitrogen and oxygen atoms in total. The largest absolute Gasteiger partial charge is 0.490 e. The van der Waals surface area contributed by atoms with Gasteiger partial charge in [0.15, 0.2) is 11.5 Å². The highest BCUT2D eigenvalue weighted by molar-refractivity contribution is 5.47. The zero-order chi connectivity index (χ0) is 14.7. The minimum absolute atomic E-state index is 0.156. The molecule has 1 unspecified atom stereocenters. The smallest absolute Gasteiger partial charge is 0.161 e. The molecule has 0 amide bonds. The molecular formula is C18H21NO2. The van der Waals surface area contributed by atoms with E-state index in [4.69, 9.17) is 9.47 Å². The van der Waals surface area contributed by atoms with E-state index in [1.54, 1.807) is 0 Å². The van der Waals surface area contributed by atoms with E-state index >= 15 is 0 Å². The van der Waals surface area contributed by atoms with E-state index in [0.29, 0.717) is 6.61 Å². The second-order valence-electron chi connectivity index (χ2n) is 5.33. The van der Waals surface area contributed by atoms with E-state index < -0.39 is 0 Å². The molecule has 3 heteroatoms. The van der Waals surface area contributed by atoms with Crippen molar-refractivity contribution in [2.24, 2.45) is 0 Å². The molecular weight excluding hydrogens is 262 g/mol. The molecule has 21 heavy (non-hydrogen) atoms. The highest BCUT2D eigenvalue weighted by Crippen LogP contribution is 2.34. The number of hydrogen-bond acceptors (Lipinski definition) is 3. The third-order valence-electron chi connectivity index (χ3n) is 3.89. The Morgan fingerprint density at radius 2 is 1.76 bits per heavy atom. The summed E-state index contributed by atoms with van der Waals surface area (Å²) in [6, 6.07) is 14.8. The Morgan fingerprint density at radius 1 is 1.00 bits per heavy atom. The molecule has 0 saturated heterocycles. The number of aryl methyl sites for hydroxylation is 1. The van der Waals surface area contributed by atoms with Crippen molar-refractivity contribution in [3.8, 4) is 11.5 Å². The Balaban J connectivity index is 1.98. The summed E-state index contributed by atoms with van der Waals surface area (Å²) < 4.78 is 11.5. The first-order valence-electron chi connectivity index (χ1n) is 7.42. The van der Waals surface area contributed by atoms with Gasteiger partial charge in [0.2, 0.25) is 0 Å². The lowest BCUT2D eigenvalue weighted by atomic mass is 9.95. The van der Waals surface area contributed by atoms with Crippen LogP contribution in [-0.4, -0.2) is 20.3 Å². The van der Waals surface area contributed by atoms with Gasteiger partial charge in [-0.15, -0.1) is 0 Å². The monoisotopic (exact) mass is 283 g/mol. The van der Waals surface area contributed by atoms with Gasteiger partial charge < -0.3 is 14.8 Å². The maximum atomic E-state index is 5.80. The van der Waals surface area contributed by atoms with Crippen LogP contribution in [-0.2, 0) is 0 Å². The molecule has 0 bridgehead atoms. The van der Waals surface area contributed by atoms with Crippen molar-refractivity contribution in [2.75, 3.05) is 20.3 Å². The van der Waals surface area contributed by atoms with Gasteiger partial charge in [0, 0.05) is 6.42 Å². The molecule has 0 spiro atoms. The lowest BCUT2D eigenvalue weighted by Gasteiger charge is -2.20. The number of fused-ring (bicyclic) bond motifs is 1. The van der Waals surface area contributed by atoms with E-state index in [2.05, 4.69) is 48.6 Å². The third kappa shape index (κ3) is 2.88. The maximum Gasteiger partial charge on any atom is 0.161 e. The Hall–Kier alpha value is -2.00. The molecule has 1 N–H and O–H groups in total. The van der Waals surface area contributed by atoms with Gasteiger partial charge in [-0.05, 0) is 42.8 Å². The van der Waals surface area contributed by atoms with Crippen molar-refractivity contribution >= 4 is 0 Å². The van der Waals surface area contributed by atoms with E-state index in [0.717, 1.165) is 24.5 Å². The summed E-state index contributed by atoms with van der Waals surface area (Å²) in [5.41, 5.74) is 3.76. The van der Waals surface area contributed by atoms with Crippen LogP contribution in [0.15, 0.2) is 42.5 Å². The second kappa shape index (κ2) is 6.19. The van der Waals surface area contributed by atoms with Crippen LogP contribution < -0.4 is 14.8 Å². The van der Waals surface area contributed by atoms with Gasteiger partial charge in [-0.2, -0.15) is 0 Å². The Kier molecular flexibility index (Phi) is 4.11. The lowest BCUT2D eigenvalue weighted by Crippen LogP contribution is -2.18. The first-order chi connectivity index (χ1) is 10.3. The van der Waals surface area contributed by atoms with Crippen molar-refractivity contribution in [1.29, 1.82) is 0 Å². The fourth-order valence-electron chi connectivity index (χ4n) is 2.77. The fourth-order valence-corrected chi connectivity index (χ4v) is 2.77. The van der Waals surface area contributed by atoms with Gasteiger partial charge in [-0.1, -0.05) is 30.3 Å². The van der Waals surface area contributed by atoms with Gasteiger partial charge in [0.1, 0.15) is 0 Å². The third-order valence-corrected chi connectivity index (χ3v) is 3.89. The summed E-state index contributed by atoms with van der Waals surface area (Å²) in [4.78, 5) is 0. The second-order valence-corrected chi connectivity index (χ2v) is 5.33. The van der Waals surface area contributed by atoms with Gasteiger partial charge in [-0.3, -0.25) is 0 Å². The zero-order valence-corrected chi connectivity index (χ0v) is 12.6. The predicted octanol–water partition coefficient (Wildman–Crippen LogP) is 3.47. The Morgan fingerprint density at radius 3 is 2.52 bits per heavy atom. The molecule has 0 aliphatic carbocycles. The average Bonchev–Trinajstić information content (AvgIpc) is 2.75. The highest BCUT2D eigenvalue weighted by atomic mass is 16.5. The normalized spacial score (nSPS) is 15.3. The molecule has 0 radical (unpaired) electrons. The van der Waals surface area contributed by atoms with Crippen LogP contribution in [0.2, 0.25) is 0 Å². The Labute approximate surface area is 125 Å². The SMILES string of the molecule is CNC(c1ccc2c(c1)OCCCO2)c1ccccc1C. The van der Waals surface area contributed by atoms with E-state index in [9.17, 15) is 0 Å². The number of ether oxygens (including phenoxy) is 2. The summed E-state index contributed by atoms with van der Waals surface area (Å²) in [6.45, 7) is 3.58. The van der Waals surface area contributed by atoms with Gasteiger partial charge in [0.25, 0.3) is 0 Å². The van der Waals surface area contributed by atoms with E-state index in [1.807, 2.05) is 13.1 Å². The minimum atomic E-state index is 0.156. The lowest BCUT2D eigenvalue weighted by molar-refractivity contribution is 0.297. The summed E-state index contributed by atoms with van der Waals surface area (Å²) in [5.74, 6) is 1.69. The molecule has 1 aliphatic rings. The molecule has 3 rings (SSSR count). The average molecular weight is 283 g/mol. The molecule has 110 valence electrons. The molecule has 2 aromatic carbocycles. The molecule has 1 heterocycles. The summed E-state index contributed by atoms with van der Waals surface area (Å²) >= 11 is 0. The van der Waals surface area contributed by atoms with Crippen LogP contribution in [0.4, 0.5) is 0 Å². The van der Waals surface area contributed by atoms with Gasteiger partial charge in [-0.25, -0.2) is 0 Å². The van der Waals surface area contributed by atoms with Crippen molar-refractivity contribution in [3.05, 3.63) is 59.2 Å². The maximum absolute atomic E-state index is 5.80. The fraction of sp³-hybridized carbons (Fsp3) is 0.333. The zero-order valence-electron chi connectivity index (χ0n) is 12.6. The summed E-state index contributed by atoms with van der Waals surface area (Å²) in [5, 5.41) is 3.40. The summed E-state index contributed by atoms with van der Waals surface area (Å²) in [6.07, 6.45) is 0.928. The quantitative estimate of drug-likeness (QED) is 0.935. The number of nitrogens with one attached hydrogen (secondary N) is 1. The molecule has 0 aromatic heterocycles. The van der Waals surface area contributed by atoms with Crippen molar-refractivity contribution < 1.29 is 9.47 Å². The van der Waals surface area contributed by atoms with Crippen molar-refractivity contribution in [2.45, 2.75) is 19.4 Å². The van der Waals surface area contributed by atoms with Crippen molar-refractivity contribution in [3.63, 3.8) is 0 Å². The number of benzene rings is 2. The topological polar surface area (TPSA) is 30.5 Å². The molecule has 0 saturated carbocycles. The first-order valence-corrected chi connectivity index (χ1v) is 7.42. The molecule has 1 aliphatic heterocycles. The molecule has 0 fully saturated rings. The van der Waals surface area contributed by atoms with Crippen LogP contribution in [0.5, 0.6) is 11.5 Å². The van der Waals surface area contributed by atoms with Gasteiger partial charge in [0.05, 0.1) is 19.3 Å². The van der Waals surface area contributed by atoms with Crippen LogP contribution in [0.3, 0.4) is 0 Å². The van der Waals surface area contributed by atoms with Crippen molar-refractivity contribution in [1.82, 2.24) is 5.32 Å². The molecule has 2 aromatic rings. The van der Waals surface area contributed by atoms with Crippen LogP contribution in [0, 0.1) is 6.92 Å². The molecule has 1 atom stereocenters. The number of rotatable bonds is 3. The first kappa shape index (κ1) is 14.0. The predicted molar refractivity (Wildman–Crippen MR) is 84.1 cm³/mol. The van der Waals surface area contributed by atoms with Crippen LogP contribution in [0.25, 0.3) is 0 Å². The standard InChI is InChI=1S/C18H21NO2/c1-13-6-3-4-7-15(13)18(19-2)14-8-9-16-17(12-14)21-11-5-10-20-16/h3-4,6-9,12,18-19H,5,10-11H2,1-2H3. The Bertz CT molecular complexity index is 624. The number of hydrogen-bond donors (Lipinski definition) is 1. The van der Waals surface area contributed by atoms with E-state index in [1.165, 1.54) is 16.7 Å². The highest BCUT2D eigenvalue weighted by Gasteiger charge is 2.17. The van der Waals surface area contributed by atoms with Crippen LogP contribution in [0.1, 0.15) is 29.2 Å². The van der Waals surface area contributed by atoms with Gasteiger partial charge >= 0.3 is 0 Å². The minimum Gasteiger partial charge on any atom is -0.490 e. The summed E-state index contributed by atoms with van der Waals surface area (Å²) in [7, 11) is 1.99. The van der Waals surface area contributed by atoms with E-state index in [-0.39, 0.29) is 6.04 Å².